The summed E-state index contributed by atoms with van der Waals surface area (Å²) in [7, 11) is 0. The average Bonchev–Trinajstić information content (AvgIpc) is 3.98. The van der Waals surface area contributed by atoms with Crippen LogP contribution in [0.1, 0.15) is 111 Å². The summed E-state index contributed by atoms with van der Waals surface area (Å²) in [6.45, 7) is 12.9. The second-order valence-corrected chi connectivity index (χ2v) is 22.4. The second-order valence-electron chi connectivity index (χ2n) is 22.4. The monoisotopic (exact) mass is 950 g/mol. The van der Waals surface area contributed by atoms with E-state index in [0.29, 0.717) is 41.2 Å². The molecule has 67 heavy (non-hydrogen) atoms. The molecule has 6 heterocycles. The van der Waals surface area contributed by atoms with Crippen LogP contribution in [0.5, 0.6) is 0 Å². The van der Waals surface area contributed by atoms with Gasteiger partial charge in [-0.15, -0.1) is 5.10 Å². The minimum absolute atomic E-state index is 0.0294. The van der Waals surface area contributed by atoms with Gasteiger partial charge in [0.1, 0.15) is 66.7 Å². The molecule has 0 bridgehead atoms. The van der Waals surface area contributed by atoms with Crippen molar-refractivity contribution in [2.24, 2.45) is 46.3 Å². The van der Waals surface area contributed by atoms with Gasteiger partial charge in [0.15, 0.2) is 24.6 Å². The number of aromatic nitrogens is 3. The normalized spacial score (nSPS) is 54.2. The minimum Gasteiger partial charge on any atom is -0.394 e. The summed E-state index contributed by atoms with van der Waals surface area (Å²) in [5.74, 6) is 3.00. The molecule has 0 radical (unpaired) electrons. The lowest BCUT2D eigenvalue weighted by molar-refractivity contribution is -0.369. The van der Waals surface area contributed by atoms with Gasteiger partial charge in [0.25, 0.3) is 0 Å². The minimum atomic E-state index is -1.75. The van der Waals surface area contributed by atoms with Crippen molar-refractivity contribution >= 4 is 0 Å². The first-order chi connectivity index (χ1) is 31.9. The maximum absolute atomic E-state index is 12.0. The molecule has 10 rings (SSSR count). The summed E-state index contributed by atoms with van der Waals surface area (Å²) in [5, 5.41) is 94.4. The summed E-state index contributed by atoms with van der Waals surface area (Å²) in [6, 6.07) is 0. The summed E-state index contributed by atoms with van der Waals surface area (Å²) in [6.07, 6.45) is -7.99. The third-order valence-corrected chi connectivity index (χ3v) is 18.6. The van der Waals surface area contributed by atoms with Crippen LogP contribution in [0.4, 0.5) is 0 Å². The standard InChI is InChI=1S/C48H75N3O16/c1-21-9-14-48(61-19-21)22(2)33-31(67-48)16-30-28-8-7-25-15-27(10-12-46(25,5)29(28)11-13-47(30,33)6)60-20-26-17-51(50-49-26)43-42(66-45-39(58)37(56)35(54)24(4)63-45)40(59)41(32(18-52)64-43)65-44-38(57)36(55)34(53)23(3)62-44/h7,17,21-24,27-45,52-59H,8-16,18-20H2,1-6H3/t21-,22+,23+,24+,27+,28-,29+,30+,31+,32-,33+,34+,35+,36-,37-,38-,39-,40+,41-,42-,43-,44+,45+,46+,47+,48-/m1/s1. The number of ether oxygens (including phenoxy) is 8. The van der Waals surface area contributed by atoms with E-state index in [2.05, 4.69) is 44.1 Å². The fourth-order valence-corrected chi connectivity index (χ4v) is 14.6. The third kappa shape index (κ3) is 8.20. The lowest BCUT2D eigenvalue weighted by atomic mass is 9.47. The molecule has 9 aliphatic rings. The number of hydrogen-bond acceptors (Lipinski definition) is 18. The molecule has 0 unspecified atom stereocenters. The lowest BCUT2D eigenvalue weighted by Gasteiger charge is -2.58. The van der Waals surface area contributed by atoms with Crippen LogP contribution in [0, 0.1) is 46.3 Å². The average molecular weight is 950 g/mol. The largest absolute Gasteiger partial charge is 0.394 e. The van der Waals surface area contributed by atoms with E-state index in [9.17, 15) is 40.9 Å². The number of rotatable bonds is 9. The van der Waals surface area contributed by atoms with Crippen LogP contribution in [0.15, 0.2) is 17.8 Å². The van der Waals surface area contributed by atoms with Crippen molar-refractivity contribution < 1.29 is 78.7 Å². The van der Waals surface area contributed by atoms with Gasteiger partial charge in [-0.2, -0.15) is 0 Å². The van der Waals surface area contributed by atoms with Crippen LogP contribution >= 0.6 is 0 Å². The van der Waals surface area contributed by atoms with Crippen molar-refractivity contribution in [1.82, 2.24) is 15.0 Å². The van der Waals surface area contributed by atoms with Crippen LogP contribution < -0.4 is 0 Å². The van der Waals surface area contributed by atoms with E-state index in [1.807, 2.05) is 0 Å². The Bertz CT molecular complexity index is 1940. The molecule has 1 spiro atoms. The number of aliphatic hydroxyl groups is 8. The highest BCUT2D eigenvalue weighted by atomic mass is 16.7. The first-order valence-corrected chi connectivity index (χ1v) is 25.1. The van der Waals surface area contributed by atoms with E-state index < -0.39 is 104 Å². The Labute approximate surface area is 392 Å². The van der Waals surface area contributed by atoms with Gasteiger partial charge in [-0.05, 0) is 106 Å². The van der Waals surface area contributed by atoms with Crippen molar-refractivity contribution in [3.8, 4) is 0 Å². The molecule has 5 saturated heterocycles. The number of aliphatic hydroxyl groups excluding tert-OH is 8. The van der Waals surface area contributed by atoms with E-state index in [-0.39, 0.29) is 29.6 Å². The zero-order valence-corrected chi connectivity index (χ0v) is 39.6. The van der Waals surface area contributed by atoms with Crippen molar-refractivity contribution in [3.05, 3.63) is 23.5 Å². The van der Waals surface area contributed by atoms with Crippen molar-refractivity contribution in [2.45, 2.75) is 216 Å². The van der Waals surface area contributed by atoms with Gasteiger partial charge in [-0.1, -0.05) is 44.6 Å². The summed E-state index contributed by atoms with van der Waals surface area (Å²) >= 11 is 0. The van der Waals surface area contributed by atoms with Gasteiger partial charge >= 0.3 is 0 Å². The Morgan fingerprint density at radius 1 is 0.776 bits per heavy atom. The van der Waals surface area contributed by atoms with Gasteiger partial charge in [0.05, 0.1) is 50.4 Å². The Kier molecular flexibility index (Phi) is 13.4. The van der Waals surface area contributed by atoms with E-state index in [1.165, 1.54) is 43.4 Å². The molecule has 5 aliphatic heterocycles. The van der Waals surface area contributed by atoms with E-state index in [4.69, 9.17) is 37.9 Å². The maximum Gasteiger partial charge on any atom is 0.187 e. The van der Waals surface area contributed by atoms with Gasteiger partial charge in [-0.25, -0.2) is 4.68 Å². The molecule has 1 aromatic heterocycles. The van der Waals surface area contributed by atoms with Crippen LogP contribution in [0.2, 0.25) is 0 Å². The maximum atomic E-state index is 12.0. The highest BCUT2D eigenvalue weighted by Gasteiger charge is 2.69. The molecule has 8 N–H and O–H groups in total. The number of nitrogens with zero attached hydrogens (tertiary/aromatic N) is 3. The first kappa shape index (κ1) is 48.8. The smallest absolute Gasteiger partial charge is 0.187 e. The van der Waals surface area contributed by atoms with Crippen molar-refractivity contribution in [2.75, 3.05) is 13.2 Å². The lowest BCUT2D eigenvalue weighted by Crippen LogP contribution is -2.65. The topological polar surface area (TPSA) is 266 Å². The molecule has 8 fully saturated rings. The Hall–Kier alpha value is -1.76. The van der Waals surface area contributed by atoms with Gasteiger partial charge in [0.2, 0.25) is 0 Å². The fourth-order valence-electron chi connectivity index (χ4n) is 14.6. The first-order valence-electron chi connectivity index (χ1n) is 25.1. The zero-order chi connectivity index (χ0) is 47.5. The van der Waals surface area contributed by atoms with Crippen molar-refractivity contribution in [3.63, 3.8) is 0 Å². The quantitative estimate of drug-likeness (QED) is 0.162. The molecule has 4 aliphatic carbocycles. The van der Waals surface area contributed by atoms with E-state index in [1.54, 1.807) is 6.20 Å². The summed E-state index contributed by atoms with van der Waals surface area (Å²) in [4.78, 5) is 0. The second kappa shape index (κ2) is 18.4. The highest BCUT2D eigenvalue weighted by molar-refractivity contribution is 5.26. The molecule has 19 nitrogen and oxygen atoms in total. The van der Waals surface area contributed by atoms with E-state index in [0.717, 1.165) is 45.1 Å². The van der Waals surface area contributed by atoms with Crippen LogP contribution in [-0.4, -0.2) is 173 Å². The predicted octanol–water partition coefficient (Wildman–Crippen LogP) is 1.21. The molecule has 3 saturated carbocycles. The molecule has 0 amide bonds. The number of hydrogen-bond donors (Lipinski definition) is 8. The zero-order valence-electron chi connectivity index (χ0n) is 39.6. The third-order valence-electron chi connectivity index (χ3n) is 18.6. The van der Waals surface area contributed by atoms with Crippen LogP contribution in [0.25, 0.3) is 0 Å². The van der Waals surface area contributed by atoms with E-state index >= 15 is 0 Å². The predicted molar refractivity (Wildman–Crippen MR) is 232 cm³/mol. The Morgan fingerprint density at radius 2 is 1.46 bits per heavy atom. The van der Waals surface area contributed by atoms with Gasteiger partial charge in [0, 0.05) is 12.3 Å². The van der Waals surface area contributed by atoms with Crippen LogP contribution in [-0.2, 0) is 44.5 Å². The SMILES string of the molecule is C[C@@H]1CC[C@@]2(OC1)O[C@H]1C[C@H]3[C@@H]4CC=C5C[C@@H](OCc6cn([C@@H]7O[C@H](CO)[C@@H](O[C@@H]8O[C@@H](C)[C@H](O)[C@@H](O)[C@H]8O)[C@H](O)[C@H]7O[C@@H]7O[C@@H](C)[C@H](O)[C@@H](O)[C@H]7O)nn6)CC[C@]5(C)[C@H]4CC[C@]3(C)[C@H]1[C@@H]2C. The Balaban J connectivity index is 0.809. The van der Waals surface area contributed by atoms with Gasteiger partial charge in [-0.3, -0.25) is 0 Å². The molecule has 1 aromatic rings. The highest BCUT2D eigenvalue weighted by Crippen LogP contribution is 2.70. The van der Waals surface area contributed by atoms with Crippen LogP contribution in [0.3, 0.4) is 0 Å². The van der Waals surface area contributed by atoms with Crippen molar-refractivity contribution in [1.29, 1.82) is 0 Å². The van der Waals surface area contributed by atoms with Gasteiger partial charge < -0.3 is 78.7 Å². The molecule has 378 valence electrons. The molecular weight excluding hydrogens is 875 g/mol. The molecular formula is C48H75N3O16. The molecule has 26 atom stereocenters. The fraction of sp³-hybridized carbons (Fsp3) is 0.917. The Morgan fingerprint density at radius 3 is 2.12 bits per heavy atom. The molecule has 0 aromatic carbocycles. The molecule has 19 heteroatoms. The number of allylic oxidation sites excluding steroid dienone is 1. The summed E-state index contributed by atoms with van der Waals surface area (Å²) in [5.41, 5.74) is 2.32. The summed E-state index contributed by atoms with van der Waals surface area (Å²) < 4.78 is 51.1. The number of fused-ring (bicyclic) bond motifs is 7.